The summed E-state index contributed by atoms with van der Waals surface area (Å²) in [6, 6.07) is 18.7. The quantitative estimate of drug-likeness (QED) is 0.202. The van der Waals surface area contributed by atoms with Crippen LogP contribution >= 0.6 is 34.2 Å². The lowest BCUT2D eigenvalue weighted by atomic mass is 10.2. The van der Waals surface area contributed by atoms with Gasteiger partial charge in [0.05, 0.1) is 16.9 Å². The normalized spacial score (nSPS) is 10.8. The average molecular weight is 565 g/mol. The molecule has 0 heterocycles. The zero-order chi connectivity index (χ0) is 22.9. The van der Waals surface area contributed by atoms with Crippen molar-refractivity contribution in [2.45, 2.75) is 13.5 Å². The largest absolute Gasteiger partial charge is 0.493 e. The van der Waals surface area contributed by atoms with Crippen LogP contribution in [0.4, 0.5) is 5.69 Å². The lowest BCUT2D eigenvalue weighted by Gasteiger charge is -2.13. The van der Waals surface area contributed by atoms with Gasteiger partial charge in [-0.05, 0) is 71.5 Å². The van der Waals surface area contributed by atoms with E-state index in [1.54, 1.807) is 37.4 Å². The van der Waals surface area contributed by atoms with E-state index in [-0.39, 0.29) is 12.5 Å². The summed E-state index contributed by atoms with van der Waals surface area (Å²) in [5.41, 5.74) is 3.66. The highest BCUT2D eigenvalue weighted by Gasteiger charge is 2.12. The molecular formula is C24H22ClIN2O4. The third-order valence-electron chi connectivity index (χ3n) is 4.36. The summed E-state index contributed by atoms with van der Waals surface area (Å²) in [6.45, 7) is 2.27. The molecule has 0 fully saturated rings. The topological polar surface area (TPSA) is 69.2 Å². The van der Waals surface area contributed by atoms with Crippen molar-refractivity contribution in [2.75, 3.05) is 19.0 Å². The van der Waals surface area contributed by atoms with Gasteiger partial charge in [-0.1, -0.05) is 46.6 Å². The van der Waals surface area contributed by atoms with Crippen LogP contribution in [0.2, 0.25) is 5.02 Å². The van der Waals surface area contributed by atoms with Gasteiger partial charge in [-0.3, -0.25) is 4.79 Å². The van der Waals surface area contributed by atoms with Crippen molar-refractivity contribution in [1.29, 1.82) is 0 Å². The molecule has 0 aliphatic rings. The Morgan fingerprint density at radius 1 is 1.12 bits per heavy atom. The molecule has 1 amide bonds. The van der Waals surface area contributed by atoms with E-state index in [1.807, 2.05) is 25.1 Å². The van der Waals surface area contributed by atoms with Crippen molar-refractivity contribution < 1.29 is 19.1 Å². The third kappa shape index (κ3) is 7.13. The number of nitrogens with one attached hydrogen (secondary N) is 1. The molecule has 0 aliphatic heterocycles. The van der Waals surface area contributed by atoms with Crippen LogP contribution in [0.25, 0.3) is 0 Å². The fraction of sp³-hybridized carbons (Fsp3) is 0.167. The van der Waals surface area contributed by atoms with Crippen molar-refractivity contribution in [3.05, 3.63) is 85.9 Å². The van der Waals surface area contributed by atoms with E-state index >= 15 is 0 Å². The lowest BCUT2D eigenvalue weighted by molar-refractivity contribution is -0.120. The van der Waals surface area contributed by atoms with Gasteiger partial charge in [0, 0.05) is 16.3 Å². The molecule has 0 spiro atoms. The number of carbonyl (C=O) groups is 1. The first-order valence-electron chi connectivity index (χ1n) is 9.71. The maximum absolute atomic E-state index is 11.9. The molecule has 0 aromatic heterocycles. The van der Waals surface area contributed by atoms with Gasteiger partial charge in [0.15, 0.2) is 18.1 Å². The Kier molecular flexibility index (Phi) is 8.75. The number of aryl methyl sites for hydroxylation is 1. The number of nitrogens with zero attached hydrogens (tertiary/aromatic N) is 1. The highest BCUT2D eigenvalue weighted by molar-refractivity contribution is 14.1. The summed E-state index contributed by atoms with van der Waals surface area (Å²) in [5, 5.41) is 7.18. The molecule has 3 rings (SSSR count). The summed E-state index contributed by atoms with van der Waals surface area (Å²) in [4.78, 5) is 17.0. The van der Waals surface area contributed by atoms with E-state index in [2.05, 4.69) is 45.2 Å². The van der Waals surface area contributed by atoms with Gasteiger partial charge < -0.3 is 19.6 Å². The zero-order valence-corrected chi connectivity index (χ0v) is 20.5. The Morgan fingerprint density at radius 2 is 1.84 bits per heavy atom. The van der Waals surface area contributed by atoms with Gasteiger partial charge >= 0.3 is 0 Å². The number of hydrogen-bond acceptors (Lipinski definition) is 5. The van der Waals surface area contributed by atoms with Crippen LogP contribution in [-0.2, 0) is 16.2 Å². The Hall–Kier alpha value is -2.78. The number of anilines is 1. The van der Waals surface area contributed by atoms with Crippen molar-refractivity contribution in [2.24, 2.45) is 5.16 Å². The molecule has 3 aromatic carbocycles. The third-order valence-corrected chi connectivity index (χ3v) is 5.41. The summed E-state index contributed by atoms with van der Waals surface area (Å²) in [6.07, 6.45) is 1.52. The van der Waals surface area contributed by atoms with E-state index in [4.69, 9.17) is 25.9 Å². The van der Waals surface area contributed by atoms with Crippen LogP contribution in [0.5, 0.6) is 11.5 Å². The van der Waals surface area contributed by atoms with Gasteiger partial charge in [-0.15, -0.1) is 0 Å². The van der Waals surface area contributed by atoms with Crippen LogP contribution in [-0.4, -0.2) is 25.8 Å². The second-order valence-electron chi connectivity index (χ2n) is 6.87. The van der Waals surface area contributed by atoms with Crippen molar-refractivity contribution in [1.82, 2.24) is 0 Å². The van der Waals surface area contributed by atoms with Crippen LogP contribution in [0.1, 0.15) is 16.7 Å². The maximum Gasteiger partial charge on any atom is 0.265 e. The smallest absolute Gasteiger partial charge is 0.265 e. The molecule has 1 N–H and O–H groups in total. The molecule has 0 bridgehead atoms. The van der Waals surface area contributed by atoms with E-state index < -0.39 is 0 Å². The van der Waals surface area contributed by atoms with E-state index in [0.717, 1.165) is 14.7 Å². The number of carbonyl (C=O) groups excluding carboxylic acids is 1. The van der Waals surface area contributed by atoms with Gasteiger partial charge in [0.1, 0.15) is 6.61 Å². The number of benzene rings is 3. The van der Waals surface area contributed by atoms with Crippen LogP contribution < -0.4 is 14.8 Å². The summed E-state index contributed by atoms with van der Waals surface area (Å²) in [5.74, 6) is 0.927. The molecular weight excluding hydrogens is 543 g/mol. The fourth-order valence-corrected chi connectivity index (χ4v) is 3.63. The SMILES string of the molecule is COc1cc(/C=N/OCC(=O)Nc2ccc(Cl)cc2)cc(I)c1OCc1ccc(C)cc1. The number of amides is 1. The first kappa shape index (κ1) is 23.9. The molecule has 8 heteroatoms. The van der Waals surface area contributed by atoms with E-state index in [0.29, 0.717) is 28.8 Å². The van der Waals surface area contributed by atoms with Gasteiger partial charge in [-0.25, -0.2) is 0 Å². The zero-order valence-electron chi connectivity index (χ0n) is 17.6. The minimum Gasteiger partial charge on any atom is -0.493 e. The van der Waals surface area contributed by atoms with Crippen molar-refractivity contribution in [3.63, 3.8) is 0 Å². The molecule has 0 saturated carbocycles. The van der Waals surface area contributed by atoms with Gasteiger partial charge in [0.2, 0.25) is 0 Å². The number of hydrogen-bond donors (Lipinski definition) is 1. The highest BCUT2D eigenvalue weighted by atomic mass is 127. The monoisotopic (exact) mass is 564 g/mol. The Morgan fingerprint density at radius 3 is 2.53 bits per heavy atom. The first-order chi connectivity index (χ1) is 15.4. The minimum atomic E-state index is -0.323. The number of rotatable bonds is 9. The van der Waals surface area contributed by atoms with E-state index in [1.165, 1.54) is 11.8 Å². The Labute approximate surface area is 205 Å². The number of halogens is 2. The second kappa shape index (κ2) is 11.7. The predicted octanol–water partition coefficient (Wildman–Crippen LogP) is 5.83. The van der Waals surface area contributed by atoms with Crippen LogP contribution in [0, 0.1) is 10.5 Å². The van der Waals surface area contributed by atoms with Crippen LogP contribution in [0.3, 0.4) is 0 Å². The van der Waals surface area contributed by atoms with Gasteiger partial charge in [0.25, 0.3) is 5.91 Å². The second-order valence-corrected chi connectivity index (χ2v) is 8.47. The lowest BCUT2D eigenvalue weighted by Crippen LogP contribution is -2.16. The molecule has 0 aliphatic carbocycles. The van der Waals surface area contributed by atoms with E-state index in [9.17, 15) is 4.79 Å². The molecule has 0 atom stereocenters. The first-order valence-corrected chi connectivity index (χ1v) is 11.2. The molecule has 166 valence electrons. The van der Waals surface area contributed by atoms with Crippen LogP contribution in [0.15, 0.2) is 65.8 Å². The number of oxime groups is 1. The standard InChI is InChI=1S/C24H22ClIN2O4/c1-16-3-5-17(6-4-16)14-31-24-21(26)11-18(12-22(24)30-2)13-27-32-15-23(29)28-20-9-7-19(25)8-10-20/h3-13H,14-15H2,1-2H3,(H,28,29)/b27-13+. The molecule has 0 saturated heterocycles. The molecule has 0 unspecified atom stereocenters. The van der Waals surface area contributed by atoms with Crippen molar-refractivity contribution in [3.8, 4) is 11.5 Å². The molecule has 32 heavy (non-hydrogen) atoms. The molecule has 3 aromatic rings. The highest BCUT2D eigenvalue weighted by Crippen LogP contribution is 2.34. The Balaban J connectivity index is 1.56. The average Bonchev–Trinajstić information content (AvgIpc) is 2.78. The molecule has 6 nitrogen and oxygen atoms in total. The number of ether oxygens (including phenoxy) is 2. The van der Waals surface area contributed by atoms with Crippen molar-refractivity contribution >= 4 is 52.0 Å². The molecule has 0 radical (unpaired) electrons. The fourth-order valence-electron chi connectivity index (χ4n) is 2.72. The summed E-state index contributed by atoms with van der Waals surface area (Å²) >= 11 is 8.02. The predicted molar refractivity (Wildman–Crippen MR) is 135 cm³/mol. The number of methoxy groups -OCH3 is 1. The summed E-state index contributed by atoms with van der Waals surface area (Å²) in [7, 11) is 1.59. The van der Waals surface area contributed by atoms with Gasteiger partial charge in [-0.2, -0.15) is 0 Å². The maximum atomic E-state index is 11.9. The minimum absolute atomic E-state index is 0.217. The summed E-state index contributed by atoms with van der Waals surface area (Å²) < 4.78 is 12.4. The Bertz CT molecular complexity index is 1090.